The van der Waals surface area contributed by atoms with Crippen LogP contribution in [-0.2, 0) is 6.54 Å². The smallest absolute Gasteiger partial charge is 0.251 e. The Bertz CT molecular complexity index is 1190. The fraction of sp³-hybridized carbons (Fsp3) is 0.407. The molecule has 3 aromatic rings. The Hall–Kier alpha value is -2.61. The molecule has 0 bridgehead atoms. The Morgan fingerprint density at radius 2 is 1.91 bits per heavy atom. The summed E-state index contributed by atoms with van der Waals surface area (Å²) in [7, 11) is 1.65. The van der Waals surface area contributed by atoms with Crippen molar-refractivity contribution in [3.05, 3.63) is 70.0 Å². The Labute approximate surface area is 205 Å². The molecule has 180 valence electrons. The number of benzene rings is 2. The molecular weight excluding hydrogens is 446 g/mol. The number of nitrogens with one attached hydrogen (secondary N) is 1. The molecule has 0 amide bonds. The first-order valence-electron chi connectivity index (χ1n) is 11.9. The predicted molar refractivity (Wildman–Crippen MR) is 140 cm³/mol. The lowest BCUT2D eigenvalue weighted by Gasteiger charge is -2.32. The third kappa shape index (κ3) is 5.90. The van der Waals surface area contributed by atoms with Crippen molar-refractivity contribution in [2.45, 2.75) is 37.2 Å². The number of carbonyl (C=O) groups is 1. The van der Waals surface area contributed by atoms with E-state index in [1.54, 1.807) is 24.9 Å². The minimum Gasteiger partial charge on any atom is -0.497 e. The quantitative estimate of drug-likeness (QED) is 0.270. The number of likely N-dealkylation sites (tertiary alicyclic amines) is 1. The SMILES string of the molecule is COc1ccc2c(C)cc(=O)n(CCN3CCC(NCCSc4ccccc4C=O)CC3)c2c1. The lowest BCUT2D eigenvalue weighted by molar-refractivity contribution is 0.112. The second-order valence-electron chi connectivity index (χ2n) is 8.77. The first-order chi connectivity index (χ1) is 16.6. The van der Waals surface area contributed by atoms with Crippen molar-refractivity contribution in [2.24, 2.45) is 0 Å². The van der Waals surface area contributed by atoms with Crippen molar-refractivity contribution in [1.82, 2.24) is 14.8 Å². The maximum Gasteiger partial charge on any atom is 0.251 e. The van der Waals surface area contributed by atoms with E-state index < -0.39 is 0 Å². The molecule has 0 spiro atoms. The first-order valence-corrected chi connectivity index (χ1v) is 12.9. The summed E-state index contributed by atoms with van der Waals surface area (Å²) < 4.78 is 7.27. The van der Waals surface area contributed by atoms with Crippen molar-refractivity contribution in [3.8, 4) is 5.75 Å². The van der Waals surface area contributed by atoms with E-state index in [-0.39, 0.29) is 5.56 Å². The maximum absolute atomic E-state index is 12.7. The molecule has 1 saturated heterocycles. The van der Waals surface area contributed by atoms with Crippen LogP contribution in [0.1, 0.15) is 28.8 Å². The second kappa shape index (κ2) is 11.7. The van der Waals surface area contributed by atoms with E-state index in [4.69, 9.17) is 4.74 Å². The lowest BCUT2D eigenvalue weighted by Crippen LogP contribution is -2.44. The fourth-order valence-corrected chi connectivity index (χ4v) is 5.52. The van der Waals surface area contributed by atoms with Crippen LogP contribution in [0.15, 0.2) is 58.2 Å². The monoisotopic (exact) mass is 479 g/mol. The van der Waals surface area contributed by atoms with Gasteiger partial charge >= 0.3 is 0 Å². The van der Waals surface area contributed by atoms with E-state index in [9.17, 15) is 9.59 Å². The number of fused-ring (bicyclic) bond motifs is 1. The zero-order chi connectivity index (χ0) is 23.9. The number of ether oxygens (including phenoxy) is 1. The highest BCUT2D eigenvalue weighted by atomic mass is 32.2. The van der Waals surface area contributed by atoms with Gasteiger partial charge in [-0.25, -0.2) is 0 Å². The van der Waals surface area contributed by atoms with E-state index in [0.717, 1.165) is 83.7 Å². The van der Waals surface area contributed by atoms with Gasteiger partial charge in [-0.15, -0.1) is 11.8 Å². The third-order valence-corrected chi connectivity index (χ3v) is 7.68. The zero-order valence-electron chi connectivity index (χ0n) is 20.0. The molecule has 7 heteroatoms. The molecule has 1 aliphatic heterocycles. The van der Waals surface area contributed by atoms with Crippen LogP contribution in [-0.4, -0.2) is 60.8 Å². The van der Waals surface area contributed by atoms with E-state index in [2.05, 4.69) is 10.2 Å². The summed E-state index contributed by atoms with van der Waals surface area (Å²) in [5, 5.41) is 4.77. The van der Waals surface area contributed by atoms with Crippen molar-refractivity contribution < 1.29 is 9.53 Å². The average molecular weight is 480 g/mol. The van der Waals surface area contributed by atoms with E-state index in [1.165, 1.54) is 0 Å². The van der Waals surface area contributed by atoms with Crippen molar-refractivity contribution in [1.29, 1.82) is 0 Å². The molecule has 1 fully saturated rings. The number of piperidine rings is 1. The topological polar surface area (TPSA) is 63.6 Å². The molecule has 2 heterocycles. The second-order valence-corrected chi connectivity index (χ2v) is 9.91. The normalized spacial score (nSPS) is 15.0. The van der Waals surface area contributed by atoms with Gasteiger partial charge in [0.2, 0.25) is 0 Å². The van der Waals surface area contributed by atoms with Crippen LogP contribution in [0.25, 0.3) is 10.9 Å². The summed E-state index contributed by atoms with van der Waals surface area (Å²) in [4.78, 5) is 27.4. The Kier molecular flexibility index (Phi) is 8.43. The van der Waals surface area contributed by atoms with E-state index in [1.807, 2.05) is 54.0 Å². The number of aromatic nitrogens is 1. The molecule has 0 atom stereocenters. The molecule has 4 rings (SSSR count). The van der Waals surface area contributed by atoms with Gasteiger partial charge in [0.25, 0.3) is 5.56 Å². The number of rotatable bonds is 10. The molecule has 0 aliphatic carbocycles. The summed E-state index contributed by atoms with van der Waals surface area (Å²) in [6.07, 6.45) is 3.13. The van der Waals surface area contributed by atoms with Crippen LogP contribution in [0.5, 0.6) is 5.75 Å². The largest absolute Gasteiger partial charge is 0.497 e. The number of carbonyl (C=O) groups excluding carboxylic acids is 1. The third-order valence-electron chi connectivity index (χ3n) is 6.59. The highest BCUT2D eigenvalue weighted by molar-refractivity contribution is 7.99. The van der Waals surface area contributed by atoms with Crippen LogP contribution in [0.3, 0.4) is 0 Å². The van der Waals surface area contributed by atoms with Gasteiger partial charge in [-0.3, -0.25) is 9.59 Å². The van der Waals surface area contributed by atoms with Gasteiger partial charge in [-0.05, 0) is 56.6 Å². The van der Waals surface area contributed by atoms with Gasteiger partial charge in [0, 0.05) is 59.4 Å². The average Bonchev–Trinajstić information content (AvgIpc) is 2.87. The minimum absolute atomic E-state index is 0.0449. The fourth-order valence-electron chi connectivity index (χ4n) is 4.62. The molecule has 1 N–H and O–H groups in total. The highest BCUT2D eigenvalue weighted by Crippen LogP contribution is 2.23. The zero-order valence-corrected chi connectivity index (χ0v) is 20.8. The van der Waals surface area contributed by atoms with Gasteiger partial charge in [0.15, 0.2) is 6.29 Å². The van der Waals surface area contributed by atoms with E-state index >= 15 is 0 Å². The van der Waals surface area contributed by atoms with Crippen molar-refractivity contribution >= 4 is 29.0 Å². The molecule has 34 heavy (non-hydrogen) atoms. The van der Waals surface area contributed by atoms with E-state index in [0.29, 0.717) is 12.6 Å². The van der Waals surface area contributed by atoms with Gasteiger partial charge in [0.1, 0.15) is 5.75 Å². The predicted octanol–water partition coefficient (Wildman–Crippen LogP) is 3.98. The highest BCUT2D eigenvalue weighted by Gasteiger charge is 2.19. The van der Waals surface area contributed by atoms with Crippen LogP contribution in [0.4, 0.5) is 0 Å². The standard InChI is InChI=1S/C27H33N3O3S/c1-20-17-27(32)30(25-18-23(33-2)7-8-24(20)25)15-14-29-12-9-22(10-13-29)28-11-16-34-26-6-4-3-5-21(26)19-31/h3-8,17-19,22,28H,9-16H2,1-2H3. The Balaban J connectivity index is 1.25. The van der Waals surface area contributed by atoms with Crippen LogP contribution in [0.2, 0.25) is 0 Å². The summed E-state index contributed by atoms with van der Waals surface area (Å²) in [5.74, 6) is 1.71. The number of aryl methyl sites for hydroxylation is 1. The van der Waals surface area contributed by atoms with Gasteiger partial charge in [-0.1, -0.05) is 18.2 Å². The number of methoxy groups -OCH3 is 1. The summed E-state index contributed by atoms with van der Waals surface area (Å²) >= 11 is 1.73. The molecule has 0 saturated carbocycles. The minimum atomic E-state index is 0.0449. The molecule has 2 aromatic carbocycles. The number of aldehydes is 1. The van der Waals surface area contributed by atoms with Gasteiger partial charge < -0.3 is 19.5 Å². The molecule has 0 radical (unpaired) electrons. The lowest BCUT2D eigenvalue weighted by atomic mass is 10.1. The summed E-state index contributed by atoms with van der Waals surface area (Å²) in [5.41, 5.74) is 2.75. The number of thioether (sulfide) groups is 1. The summed E-state index contributed by atoms with van der Waals surface area (Å²) in [6.45, 7) is 6.50. The number of pyridine rings is 1. The Morgan fingerprint density at radius 3 is 2.68 bits per heavy atom. The molecule has 1 aliphatic rings. The van der Waals surface area contributed by atoms with Crippen molar-refractivity contribution in [3.63, 3.8) is 0 Å². The molecule has 1 aromatic heterocycles. The summed E-state index contributed by atoms with van der Waals surface area (Å²) in [6, 6.07) is 15.9. The molecular formula is C27H33N3O3S. The van der Waals surface area contributed by atoms with Crippen LogP contribution in [0, 0.1) is 6.92 Å². The van der Waals surface area contributed by atoms with Crippen LogP contribution < -0.4 is 15.6 Å². The molecule has 0 unspecified atom stereocenters. The van der Waals surface area contributed by atoms with Crippen LogP contribution >= 0.6 is 11.8 Å². The van der Waals surface area contributed by atoms with Crippen molar-refractivity contribution in [2.75, 3.05) is 39.0 Å². The van der Waals surface area contributed by atoms with Gasteiger partial charge in [-0.2, -0.15) is 0 Å². The maximum atomic E-state index is 12.7. The number of hydrogen-bond acceptors (Lipinski definition) is 6. The first kappa shape index (κ1) is 24.5. The molecule has 6 nitrogen and oxygen atoms in total. The number of hydrogen-bond donors (Lipinski definition) is 1. The Morgan fingerprint density at radius 1 is 1.12 bits per heavy atom. The number of nitrogens with zero attached hydrogens (tertiary/aromatic N) is 2. The van der Waals surface area contributed by atoms with Gasteiger partial charge in [0.05, 0.1) is 12.6 Å².